The molecule has 0 aliphatic rings. The molecule has 0 aromatic heterocycles. The van der Waals surface area contributed by atoms with Crippen molar-refractivity contribution in [1.82, 2.24) is 0 Å². The van der Waals surface area contributed by atoms with Crippen LogP contribution in [-0.4, -0.2) is 23.0 Å². The number of unbranched alkanes of at least 4 members (excludes halogenated alkanes) is 3. The molecule has 0 spiro atoms. The first-order valence-electron chi connectivity index (χ1n) is 12.0. The molecule has 0 aromatic rings. The monoisotopic (exact) mass is 414 g/mol. The Kier molecular flexibility index (Phi) is 12.3. The predicted molar refractivity (Wildman–Crippen MR) is 131 cm³/mol. The highest BCUT2D eigenvalue weighted by molar-refractivity contribution is 6.83. The predicted octanol–water partition coefficient (Wildman–Crippen LogP) is 9.42. The van der Waals surface area contributed by atoms with Crippen LogP contribution in [0.2, 0.25) is 39.3 Å². The summed E-state index contributed by atoms with van der Waals surface area (Å²) in [6.07, 6.45) is 5.42. The van der Waals surface area contributed by atoms with Crippen LogP contribution in [0.5, 0.6) is 0 Å². The molecule has 164 valence electrons. The molecule has 0 N–H and O–H groups in total. The lowest BCUT2D eigenvalue weighted by atomic mass is 10.2. The lowest BCUT2D eigenvalue weighted by Gasteiger charge is -2.43. The maximum Gasteiger partial charge on any atom is 0.200 e. The van der Waals surface area contributed by atoms with E-state index in [4.69, 9.17) is 4.43 Å². The minimum Gasteiger partial charge on any atom is -0.416 e. The van der Waals surface area contributed by atoms with E-state index in [0.717, 1.165) is 23.2 Å². The number of hydrogen-bond acceptors (Lipinski definition) is 1. The quantitative estimate of drug-likeness (QED) is 0.203. The topological polar surface area (TPSA) is 9.23 Å². The Morgan fingerprint density at radius 1 is 0.481 bits per heavy atom. The van der Waals surface area contributed by atoms with Gasteiger partial charge < -0.3 is 4.43 Å². The zero-order chi connectivity index (χ0) is 21.4. The second kappa shape index (κ2) is 12.2. The summed E-state index contributed by atoms with van der Waals surface area (Å²) in [6.45, 7) is 30.3. The average molecular weight is 415 g/mol. The fourth-order valence-corrected chi connectivity index (χ4v) is 18.6. The highest BCUT2D eigenvalue weighted by atomic mass is 28.4. The van der Waals surface area contributed by atoms with E-state index in [9.17, 15) is 0 Å². The van der Waals surface area contributed by atoms with Crippen LogP contribution in [0.3, 0.4) is 0 Å². The molecule has 0 saturated carbocycles. The van der Waals surface area contributed by atoms with Gasteiger partial charge in [0.2, 0.25) is 0 Å². The van der Waals surface area contributed by atoms with E-state index in [1.807, 2.05) is 0 Å². The number of rotatable bonds is 14. The minimum atomic E-state index is -1.66. The second-order valence-electron chi connectivity index (χ2n) is 10.9. The summed E-state index contributed by atoms with van der Waals surface area (Å²) in [4.78, 5) is 0. The fraction of sp³-hybridized carbons (Fsp3) is 1.00. The van der Waals surface area contributed by atoms with Crippen molar-refractivity contribution >= 4 is 16.4 Å². The van der Waals surface area contributed by atoms with E-state index >= 15 is 0 Å². The van der Waals surface area contributed by atoms with Gasteiger partial charge in [0, 0.05) is 6.61 Å². The molecule has 0 rings (SSSR count). The van der Waals surface area contributed by atoms with Crippen LogP contribution < -0.4 is 0 Å². The molecule has 1 nitrogen and oxygen atoms in total. The van der Waals surface area contributed by atoms with Crippen molar-refractivity contribution in [2.24, 2.45) is 0 Å². The third-order valence-electron chi connectivity index (χ3n) is 7.79. The van der Waals surface area contributed by atoms with Crippen molar-refractivity contribution in [3.63, 3.8) is 0 Å². The normalized spacial score (nSPS) is 14.0. The highest BCUT2D eigenvalue weighted by Crippen LogP contribution is 2.45. The van der Waals surface area contributed by atoms with Gasteiger partial charge in [0.15, 0.2) is 8.32 Å². The Labute approximate surface area is 175 Å². The summed E-state index contributed by atoms with van der Waals surface area (Å²) in [7, 11) is -2.86. The standard InChI is InChI=1S/C24H54OSi2/c1-19(2)26(20(3)4,21(5)6)18-16-14-13-15-17-25-27(22(7)8,23(9)10)24(11)12/h19-24H,13-18H2,1-12H3. The van der Waals surface area contributed by atoms with Gasteiger partial charge in [0.25, 0.3) is 0 Å². The molecule has 0 radical (unpaired) electrons. The fourth-order valence-electron chi connectivity index (χ4n) is 6.50. The molecule has 0 heterocycles. The molecule has 0 amide bonds. The summed E-state index contributed by atoms with van der Waals surface area (Å²) in [6, 6.07) is 1.52. The maximum absolute atomic E-state index is 6.72. The van der Waals surface area contributed by atoms with Gasteiger partial charge in [0.05, 0.1) is 8.07 Å². The lowest BCUT2D eigenvalue weighted by molar-refractivity contribution is 0.268. The Morgan fingerprint density at radius 3 is 1.19 bits per heavy atom. The zero-order valence-electron chi connectivity index (χ0n) is 21.1. The van der Waals surface area contributed by atoms with Crippen LogP contribution in [0.25, 0.3) is 0 Å². The van der Waals surface area contributed by atoms with Gasteiger partial charge in [-0.2, -0.15) is 0 Å². The zero-order valence-corrected chi connectivity index (χ0v) is 23.1. The Balaban J connectivity index is 4.51. The first-order chi connectivity index (χ1) is 12.4. The van der Waals surface area contributed by atoms with Crippen LogP contribution in [0.4, 0.5) is 0 Å². The first-order valence-corrected chi connectivity index (χ1v) is 16.6. The second-order valence-corrected chi connectivity index (χ2v) is 22.6. The third-order valence-corrected chi connectivity index (χ3v) is 21.6. The lowest BCUT2D eigenvalue weighted by Crippen LogP contribution is -2.47. The molecule has 0 aromatic carbocycles. The van der Waals surface area contributed by atoms with Gasteiger partial charge in [-0.3, -0.25) is 0 Å². The van der Waals surface area contributed by atoms with E-state index in [1.54, 1.807) is 0 Å². The highest BCUT2D eigenvalue weighted by Gasteiger charge is 2.45. The Hall–Kier alpha value is 0.394. The van der Waals surface area contributed by atoms with Gasteiger partial charge in [-0.25, -0.2) is 0 Å². The molecular formula is C24H54OSi2. The Morgan fingerprint density at radius 2 is 0.852 bits per heavy atom. The van der Waals surface area contributed by atoms with Gasteiger partial charge in [-0.15, -0.1) is 0 Å². The van der Waals surface area contributed by atoms with Crippen LogP contribution in [0, 0.1) is 0 Å². The van der Waals surface area contributed by atoms with Crippen LogP contribution in [-0.2, 0) is 4.43 Å². The van der Waals surface area contributed by atoms with E-state index in [-0.39, 0.29) is 0 Å². The molecule has 0 saturated heterocycles. The molecule has 0 fully saturated rings. The smallest absolute Gasteiger partial charge is 0.200 e. The van der Waals surface area contributed by atoms with Crippen molar-refractivity contribution in [2.75, 3.05) is 6.61 Å². The molecule has 0 aliphatic carbocycles. The SMILES string of the molecule is CC(C)[Si](CCCCCCO[Si](C(C)C)(C(C)C)C(C)C)(C(C)C)C(C)C. The van der Waals surface area contributed by atoms with E-state index in [2.05, 4.69) is 83.1 Å². The van der Waals surface area contributed by atoms with Gasteiger partial charge in [-0.1, -0.05) is 125 Å². The van der Waals surface area contributed by atoms with Crippen molar-refractivity contribution in [1.29, 1.82) is 0 Å². The minimum absolute atomic E-state index is 0.701. The molecule has 3 heteroatoms. The molecular weight excluding hydrogens is 360 g/mol. The van der Waals surface area contributed by atoms with Gasteiger partial charge >= 0.3 is 0 Å². The summed E-state index contributed by atoms with van der Waals surface area (Å²) >= 11 is 0. The molecule has 27 heavy (non-hydrogen) atoms. The van der Waals surface area contributed by atoms with Gasteiger partial charge in [-0.05, 0) is 23.0 Å². The molecule has 0 bridgehead atoms. The average Bonchev–Trinajstić information content (AvgIpc) is 2.51. The first kappa shape index (κ1) is 27.4. The van der Waals surface area contributed by atoms with Crippen molar-refractivity contribution < 1.29 is 4.43 Å². The maximum atomic E-state index is 6.72. The van der Waals surface area contributed by atoms with E-state index in [0.29, 0.717) is 16.6 Å². The van der Waals surface area contributed by atoms with E-state index < -0.39 is 16.4 Å². The summed E-state index contributed by atoms with van der Waals surface area (Å²) in [5, 5.41) is 0. The molecule has 0 aliphatic heterocycles. The Bertz CT molecular complexity index is 306. The molecule has 0 unspecified atom stereocenters. The molecule has 0 atom stereocenters. The summed E-state index contributed by atoms with van der Waals surface area (Å²) < 4.78 is 6.72. The van der Waals surface area contributed by atoms with Crippen molar-refractivity contribution in [2.45, 2.75) is 148 Å². The van der Waals surface area contributed by atoms with Crippen LogP contribution >= 0.6 is 0 Å². The van der Waals surface area contributed by atoms with Crippen LogP contribution in [0.1, 0.15) is 109 Å². The van der Waals surface area contributed by atoms with Crippen LogP contribution in [0.15, 0.2) is 0 Å². The van der Waals surface area contributed by atoms with Crippen molar-refractivity contribution in [3.8, 4) is 0 Å². The number of hydrogen-bond donors (Lipinski definition) is 0. The van der Waals surface area contributed by atoms with Crippen molar-refractivity contribution in [3.05, 3.63) is 0 Å². The summed E-state index contributed by atoms with van der Waals surface area (Å²) in [5.74, 6) is 0. The summed E-state index contributed by atoms with van der Waals surface area (Å²) in [5.41, 5.74) is 4.80. The largest absolute Gasteiger partial charge is 0.416 e. The van der Waals surface area contributed by atoms with E-state index in [1.165, 1.54) is 31.7 Å². The van der Waals surface area contributed by atoms with Gasteiger partial charge in [0.1, 0.15) is 0 Å². The third kappa shape index (κ3) is 6.71.